The Labute approximate surface area is 111 Å². The molecule has 5 heteroatoms. The van der Waals surface area contributed by atoms with Gasteiger partial charge < -0.3 is 15.1 Å². The number of rotatable bonds is 2. The first-order chi connectivity index (χ1) is 8.57. The number of carbonyl (C=O) groups is 1. The first kappa shape index (κ1) is 13.2. The molecule has 1 heterocycles. The maximum atomic E-state index is 10.9. The molecule has 0 spiro atoms. The van der Waals surface area contributed by atoms with Gasteiger partial charge in [0.25, 0.3) is 0 Å². The molecule has 0 bridgehead atoms. The minimum absolute atomic E-state index is 0.0299. The van der Waals surface area contributed by atoms with Gasteiger partial charge in [-0.05, 0) is 30.5 Å². The number of amides is 1. The lowest BCUT2D eigenvalue weighted by atomic mass is 9.73. The van der Waals surface area contributed by atoms with Gasteiger partial charge in [-0.25, -0.2) is 4.79 Å². The summed E-state index contributed by atoms with van der Waals surface area (Å²) in [7, 11) is 0. The molecule has 0 aromatic heterocycles. The number of aliphatic hydroxyl groups excluding tert-OH is 1. The minimum Gasteiger partial charge on any atom is -0.465 e. The van der Waals surface area contributed by atoms with E-state index in [2.05, 4.69) is 0 Å². The van der Waals surface area contributed by atoms with Crippen LogP contribution < -0.4 is 0 Å². The molecular formula is C13H16ClNO3. The third-order valence-corrected chi connectivity index (χ3v) is 4.00. The summed E-state index contributed by atoms with van der Waals surface area (Å²) in [5.74, 6) is 0. The van der Waals surface area contributed by atoms with Crippen molar-refractivity contribution < 1.29 is 15.0 Å². The molecule has 0 atom stereocenters. The van der Waals surface area contributed by atoms with E-state index in [9.17, 15) is 9.90 Å². The zero-order chi connectivity index (χ0) is 13.2. The molecule has 1 fully saturated rings. The Morgan fingerprint density at radius 1 is 1.28 bits per heavy atom. The fourth-order valence-electron chi connectivity index (χ4n) is 2.47. The van der Waals surface area contributed by atoms with Crippen LogP contribution in [0.25, 0.3) is 0 Å². The van der Waals surface area contributed by atoms with Crippen molar-refractivity contribution in [3.05, 3.63) is 34.9 Å². The molecule has 1 aliphatic heterocycles. The number of likely N-dealkylation sites (tertiary alicyclic amines) is 1. The molecule has 1 amide bonds. The summed E-state index contributed by atoms with van der Waals surface area (Å²) in [6.07, 6.45) is 0.382. The van der Waals surface area contributed by atoms with Gasteiger partial charge in [0.2, 0.25) is 0 Å². The number of piperidine rings is 1. The highest BCUT2D eigenvalue weighted by molar-refractivity contribution is 6.30. The SMILES string of the molecule is O=C(O)N1CCC(CO)(c2ccc(Cl)cc2)CC1. The van der Waals surface area contributed by atoms with Crippen LogP contribution in [0.5, 0.6) is 0 Å². The average molecular weight is 270 g/mol. The van der Waals surface area contributed by atoms with Crippen LogP contribution in [0.15, 0.2) is 24.3 Å². The normalized spacial score (nSPS) is 18.7. The second-order valence-corrected chi connectivity index (χ2v) is 5.15. The Morgan fingerprint density at radius 2 is 1.83 bits per heavy atom. The average Bonchev–Trinajstić information content (AvgIpc) is 2.39. The Hall–Kier alpha value is -1.26. The second-order valence-electron chi connectivity index (χ2n) is 4.71. The highest BCUT2D eigenvalue weighted by atomic mass is 35.5. The van der Waals surface area contributed by atoms with Gasteiger partial charge >= 0.3 is 6.09 Å². The molecule has 18 heavy (non-hydrogen) atoms. The van der Waals surface area contributed by atoms with Gasteiger partial charge in [0.05, 0.1) is 6.61 Å². The van der Waals surface area contributed by atoms with Crippen molar-refractivity contribution in [3.8, 4) is 0 Å². The van der Waals surface area contributed by atoms with Crippen LogP contribution in [-0.4, -0.2) is 40.9 Å². The Morgan fingerprint density at radius 3 is 2.28 bits per heavy atom. The summed E-state index contributed by atoms with van der Waals surface area (Å²) >= 11 is 5.86. The third-order valence-electron chi connectivity index (χ3n) is 3.75. The Kier molecular flexibility index (Phi) is 3.78. The molecule has 0 saturated carbocycles. The lowest BCUT2D eigenvalue weighted by Gasteiger charge is -2.40. The number of halogens is 1. The maximum absolute atomic E-state index is 10.9. The highest BCUT2D eigenvalue weighted by Gasteiger charge is 2.36. The van der Waals surface area contributed by atoms with E-state index in [0.717, 1.165) is 5.56 Å². The molecule has 1 saturated heterocycles. The smallest absolute Gasteiger partial charge is 0.407 e. The monoisotopic (exact) mass is 269 g/mol. The first-order valence-electron chi connectivity index (χ1n) is 5.92. The number of nitrogens with zero attached hydrogens (tertiary/aromatic N) is 1. The van der Waals surface area contributed by atoms with Crippen LogP contribution in [0, 0.1) is 0 Å². The van der Waals surface area contributed by atoms with Crippen LogP contribution in [0.2, 0.25) is 5.02 Å². The number of benzene rings is 1. The van der Waals surface area contributed by atoms with Crippen molar-refractivity contribution in [2.75, 3.05) is 19.7 Å². The van der Waals surface area contributed by atoms with Crippen LogP contribution in [0.3, 0.4) is 0 Å². The van der Waals surface area contributed by atoms with E-state index in [1.165, 1.54) is 4.90 Å². The van der Waals surface area contributed by atoms with E-state index in [1.807, 2.05) is 12.1 Å². The summed E-state index contributed by atoms with van der Waals surface area (Å²) in [6, 6.07) is 7.43. The van der Waals surface area contributed by atoms with Crippen molar-refractivity contribution in [2.45, 2.75) is 18.3 Å². The molecule has 0 unspecified atom stereocenters. The number of hydrogen-bond acceptors (Lipinski definition) is 2. The predicted octanol–water partition coefficient (Wildman–Crippen LogP) is 2.34. The molecule has 1 aromatic carbocycles. The van der Waals surface area contributed by atoms with Crippen LogP contribution in [-0.2, 0) is 5.41 Å². The largest absolute Gasteiger partial charge is 0.465 e. The first-order valence-corrected chi connectivity index (χ1v) is 6.30. The van der Waals surface area contributed by atoms with E-state index in [1.54, 1.807) is 12.1 Å². The van der Waals surface area contributed by atoms with Gasteiger partial charge in [-0.2, -0.15) is 0 Å². The highest BCUT2D eigenvalue weighted by Crippen LogP contribution is 2.35. The van der Waals surface area contributed by atoms with E-state index < -0.39 is 6.09 Å². The number of aliphatic hydroxyl groups is 1. The van der Waals surface area contributed by atoms with Crippen molar-refractivity contribution in [3.63, 3.8) is 0 Å². The van der Waals surface area contributed by atoms with Gasteiger partial charge in [-0.15, -0.1) is 0 Å². The van der Waals surface area contributed by atoms with Gasteiger partial charge in [-0.3, -0.25) is 0 Å². The lowest BCUT2D eigenvalue weighted by molar-refractivity contribution is 0.0894. The van der Waals surface area contributed by atoms with Crippen molar-refractivity contribution in [2.24, 2.45) is 0 Å². The summed E-state index contributed by atoms with van der Waals surface area (Å²) < 4.78 is 0. The molecule has 2 rings (SSSR count). The summed E-state index contributed by atoms with van der Waals surface area (Å²) in [5.41, 5.74) is 0.690. The van der Waals surface area contributed by atoms with Crippen molar-refractivity contribution in [1.82, 2.24) is 4.90 Å². The van der Waals surface area contributed by atoms with Crippen LogP contribution in [0.1, 0.15) is 18.4 Å². The Bertz CT molecular complexity index is 424. The Balaban J connectivity index is 2.18. The lowest BCUT2D eigenvalue weighted by Crippen LogP contribution is -2.46. The number of hydrogen-bond donors (Lipinski definition) is 2. The van der Waals surface area contributed by atoms with Gasteiger partial charge in [0.1, 0.15) is 0 Å². The molecule has 4 nitrogen and oxygen atoms in total. The zero-order valence-corrected chi connectivity index (χ0v) is 10.7. The summed E-state index contributed by atoms with van der Waals surface area (Å²) in [6.45, 7) is 0.944. The van der Waals surface area contributed by atoms with Crippen molar-refractivity contribution >= 4 is 17.7 Å². The topological polar surface area (TPSA) is 60.8 Å². The fraction of sp³-hybridized carbons (Fsp3) is 0.462. The maximum Gasteiger partial charge on any atom is 0.407 e. The van der Waals surface area contributed by atoms with E-state index >= 15 is 0 Å². The van der Waals surface area contributed by atoms with E-state index in [4.69, 9.17) is 16.7 Å². The molecule has 1 aromatic rings. The molecule has 1 aliphatic rings. The van der Waals surface area contributed by atoms with E-state index in [-0.39, 0.29) is 12.0 Å². The third kappa shape index (κ3) is 2.44. The van der Waals surface area contributed by atoms with Gasteiger partial charge in [0.15, 0.2) is 0 Å². The quantitative estimate of drug-likeness (QED) is 0.866. The molecule has 98 valence electrons. The second kappa shape index (κ2) is 5.16. The summed E-state index contributed by atoms with van der Waals surface area (Å²) in [4.78, 5) is 12.3. The van der Waals surface area contributed by atoms with Crippen molar-refractivity contribution in [1.29, 1.82) is 0 Å². The minimum atomic E-state index is -0.891. The summed E-state index contributed by atoms with van der Waals surface area (Å²) in [5, 5.41) is 19.3. The van der Waals surface area contributed by atoms with Crippen LogP contribution >= 0.6 is 11.6 Å². The van der Waals surface area contributed by atoms with Gasteiger partial charge in [-0.1, -0.05) is 23.7 Å². The molecule has 0 aliphatic carbocycles. The zero-order valence-electron chi connectivity index (χ0n) is 9.97. The van der Waals surface area contributed by atoms with Crippen LogP contribution in [0.4, 0.5) is 4.79 Å². The molecule has 2 N–H and O–H groups in total. The molecular weight excluding hydrogens is 254 g/mol. The number of carboxylic acid groups (broad SMARTS) is 1. The van der Waals surface area contributed by atoms with Gasteiger partial charge in [0, 0.05) is 23.5 Å². The standard InChI is InChI=1S/C13H16ClNO3/c14-11-3-1-10(2-4-11)13(9-16)5-7-15(8-6-13)12(17)18/h1-4,16H,5-9H2,(H,17,18). The molecule has 0 radical (unpaired) electrons. The van der Waals surface area contributed by atoms with E-state index in [0.29, 0.717) is 31.0 Å². The fourth-order valence-corrected chi connectivity index (χ4v) is 2.59. The predicted molar refractivity (Wildman–Crippen MR) is 69.0 cm³/mol.